The first-order chi connectivity index (χ1) is 36.3. The van der Waals surface area contributed by atoms with Crippen LogP contribution in [0.4, 0.5) is 0 Å². The monoisotopic (exact) mass is 1160 g/mol. The van der Waals surface area contributed by atoms with Gasteiger partial charge < -0.3 is 136 Å². The third-order valence-corrected chi connectivity index (χ3v) is 13.2. The summed E-state index contributed by atoms with van der Waals surface area (Å²) in [6.07, 6.45) is -42.9. The van der Waals surface area contributed by atoms with E-state index in [1.54, 1.807) is 0 Å². The lowest BCUT2D eigenvalue weighted by Gasteiger charge is -2.49. The molecule has 0 radical (unpaired) electrons. The van der Waals surface area contributed by atoms with Gasteiger partial charge in [-0.1, -0.05) is 0 Å². The summed E-state index contributed by atoms with van der Waals surface area (Å²) in [5, 5.41) is 171. The molecule has 78 heavy (non-hydrogen) atoms. The van der Waals surface area contributed by atoms with Crippen molar-refractivity contribution < 1.29 is 156 Å². The minimum atomic E-state index is -5.17. The lowest BCUT2D eigenvalue weighted by molar-refractivity contribution is -0.371. The maximum atomic E-state index is 12.8. The fourth-order valence-corrected chi connectivity index (χ4v) is 9.28. The van der Waals surface area contributed by atoms with Crippen LogP contribution in [0.5, 0.6) is 0 Å². The molecule has 4 saturated heterocycles. The number of aliphatic hydroxyl groups is 14. The number of hydrogen-bond acceptors (Lipinski definition) is 30. The summed E-state index contributed by atoms with van der Waals surface area (Å²) in [4.78, 5) is 61.9. The van der Waals surface area contributed by atoms with E-state index >= 15 is 0 Å². The molecule has 25 atom stereocenters. The van der Waals surface area contributed by atoms with Crippen molar-refractivity contribution in [2.45, 2.75) is 187 Å². The molecule has 4 aliphatic rings. The Morgan fingerprint density at radius 2 is 1.18 bits per heavy atom. The van der Waals surface area contributed by atoms with Crippen molar-refractivity contribution in [1.82, 2.24) is 21.3 Å². The number of carboxylic acids is 1. The number of carbonyl (C=O) groups is 5. The Bertz CT molecular complexity index is 2100. The molecule has 4 amide bonds. The second-order valence-corrected chi connectivity index (χ2v) is 19.7. The van der Waals surface area contributed by atoms with Crippen molar-refractivity contribution in [2.24, 2.45) is 0 Å². The van der Waals surface area contributed by atoms with Crippen LogP contribution < -0.4 is 21.3 Å². The highest BCUT2D eigenvalue weighted by molar-refractivity contribution is 7.80. The first-order valence-corrected chi connectivity index (χ1v) is 25.1. The van der Waals surface area contributed by atoms with Crippen LogP contribution in [0, 0.1) is 0 Å². The number of ether oxygens (including phenoxy) is 8. The largest absolute Gasteiger partial charge is 0.477 e. The molecule has 4 aliphatic heterocycles. The lowest BCUT2D eigenvalue weighted by atomic mass is 9.88. The van der Waals surface area contributed by atoms with Crippen LogP contribution in [-0.4, -0.2) is 311 Å². The second kappa shape index (κ2) is 28.8. The molecule has 452 valence electrons. The standard InChI is InChI=1S/C41H70N4O32S/c1-12(50)42-16(6-46)33(27(58)19(56)10-69-41(40(64)65)5-17(54)23(43-13(2)51)35(77-41)26(57)18(55)7-47)74-38-25(45-15(4)53)31(62)34(21(9-49)72-38)75-39-32(63)36(29(60)20(8-48)71-39)76-37-24(44-14(3)52)30(61)28(59)22(73-37)11-70-78(66,67)68/h16-39,46-49,54-63H,5-11H2,1-4H3,(H,42,50)(H,43,51)(H,44,52)(H,45,53)(H,64,65)(H,66,67,68)/t16-,17-,18+,19+,20+,21+,22+,23+,24+,25+,26+,27-,28+,29-,30+,31+,32+,33+,34+,35+,36-,37-,38-,39-,41+/m0/s1. The van der Waals surface area contributed by atoms with Crippen LogP contribution in [-0.2, 0) is 76.4 Å². The number of carbonyl (C=O) groups excluding carboxylic acids is 4. The second-order valence-electron chi connectivity index (χ2n) is 18.7. The molecule has 0 saturated carbocycles. The maximum absolute atomic E-state index is 12.8. The fraction of sp³-hybridized carbons (Fsp3) is 0.878. The van der Waals surface area contributed by atoms with Crippen LogP contribution in [0.1, 0.15) is 34.1 Å². The van der Waals surface area contributed by atoms with Crippen LogP contribution in [0.25, 0.3) is 0 Å². The third-order valence-electron chi connectivity index (χ3n) is 12.8. The number of aliphatic carboxylic acids is 1. The van der Waals surface area contributed by atoms with Crippen molar-refractivity contribution in [3.05, 3.63) is 0 Å². The molecule has 4 rings (SSSR count). The Morgan fingerprint density at radius 3 is 1.69 bits per heavy atom. The van der Waals surface area contributed by atoms with E-state index in [1.165, 1.54) is 0 Å². The Morgan fingerprint density at radius 1 is 0.641 bits per heavy atom. The summed E-state index contributed by atoms with van der Waals surface area (Å²) in [6, 6.07) is -7.12. The van der Waals surface area contributed by atoms with Gasteiger partial charge in [0.2, 0.25) is 23.6 Å². The van der Waals surface area contributed by atoms with Crippen molar-refractivity contribution in [1.29, 1.82) is 0 Å². The molecular weight excluding hydrogens is 1090 g/mol. The minimum Gasteiger partial charge on any atom is -0.477 e. The molecule has 0 aromatic rings. The Kier molecular flexibility index (Phi) is 24.7. The van der Waals surface area contributed by atoms with Gasteiger partial charge in [0.15, 0.2) is 18.9 Å². The first-order valence-electron chi connectivity index (χ1n) is 23.8. The summed E-state index contributed by atoms with van der Waals surface area (Å²) in [5.41, 5.74) is 0. The van der Waals surface area contributed by atoms with Gasteiger partial charge in [0.1, 0.15) is 110 Å². The molecule has 4 heterocycles. The van der Waals surface area contributed by atoms with E-state index in [-0.39, 0.29) is 0 Å². The molecule has 20 N–H and O–H groups in total. The van der Waals surface area contributed by atoms with E-state index < -0.39 is 239 Å². The SMILES string of the molecule is CC(=O)N[C@H]1[C@H](O[C@@H]([C@@H](O)[C@H](O)CO[C@]2(C(=O)O)C[C@H](O)[C@@H](NC(C)=O)[C@H]([C@H](O)[C@H](O)CO)O2)[C@H](CO)NC(C)=O)O[C@H](CO)[C@@H](O[C@@H]2O[C@H](CO)[C@H](O)[C@H](O[C@@H]3O[C@H](COS(=O)(=O)O)[C@@H](O)[C@H](O)[C@H]3NC(C)=O)[C@H]2O)[C@@H]1O. The molecule has 0 aliphatic carbocycles. The van der Waals surface area contributed by atoms with E-state index in [2.05, 4.69) is 25.5 Å². The van der Waals surface area contributed by atoms with Crippen molar-refractivity contribution in [3.63, 3.8) is 0 Å². The molecule has 4 fully saturated rings. The smallest absolute Gasteiger partial charge is 0.397 e. The van der Waals surface area contributed by atoms with Crippen molar-refractivity contribution in [2.75, 3.05) is 39.6 Å². The number of carboxylic acid groups (broad SMARTS) is 1. The van der Waals surface area contributed by atoms with Gasteiger partial charge in [0, 0.05) is 34.1 Å². The van der Waals surface area contributed by atoms with Crippen LogP contribution >= 0.6 is 0 Å². The van der Waals surface area contributed by atoms with Gasteiger partial charge >= 0.3 is 16.4 Å². The highest BCUT2D eigenvalue weighted by atomic mass is 32.3. The zero-order chi connectivity index (χ0) is 58.9. The van der Waals surface area contributed by atoms with Gasteiger partial charge in [0.25, 0.3) is 5.79 Å². The molecule has 0 spiro atoms. The summed E-state index contributed by atoms with van der Waals surface area (Å²) in [7, 11) is -5.17. The summed E-state index contributed by atoms with van der Waals surface area (Å²) >= 11 is 0. The molecule has 0 bridgehead atoms. The fourth-order valence-electron chi connectivity index (χ4n) is 8.98. The van der Waals surface area contributed by atoms with Gasteiger partial charge in [-0.3, -0.25) is 23.7 Å². The predicted molar refractivity (Wildman–Crippen MR) is 243 cm³/mol. The lowest BCUT2D eigenvalue weighted by Crippen LogP contribution is -2.70. The molecule has 37 heteroatoms. The zero-order valence-corrected chi connectivity index (χ0v) is 42.7. The quantitative estimate of drug-likeness (QED) is 0.0358. The van der Waals surface area contributed by atoms with E-state index in [1.807, 2.05) is 0 Å². The molecule has 0 unspecified atom stereocenters. The normalized spacial score (nSPS) is 37.9. The molecular formula is C41H70N4O32S. The summed E-state index contributed by atoms with van der Waals surface area (Å²) < 4.78 is 81.4. The van der Waals surface area contributed by atoms with Crippen LogP contribution in [0.3, 0.4) is 0 Å². The van der Waals surface area contributed by atoms with Gasteiger partial charge in [-0.05, 0) is 0 Å². The third kappa shape index (κ3) is 16.7. The van der Waals surface area contributed by atoms with Crippen molar-refractivity contribution in [3.8, 4) is 0 Å². The molecule has 0 aromatic carbocycles. The Hall–Kier alpha value is -3.66. The average Bonchev–Trinajstić information content (AvgIpc) is 3.38. The average molecular weight is 1160 g/mol. The van der Waals surface area contributed by atoms with Gasteiger partial charge in [-0.15, -0.1) is 0 Å². The van der Waals surface area contributed by atoms with E-state index in [9.17, 15) is 109 Å². The number of nitrogens with one attached hydrogen (secondary N) is 4. The summed E-state index contributed by atoms with van der Waals surface area (Å²) in [5.74, 6) is -8.62. The number of amides is 4. The highest BCUT2D eigenvalue weighted by Crippen LogP contribution is 2.36. The van der Waals surface area contributed by atoms with Crippen LogP contribution in [0.2, 0.25) is 0 Å². The van der Waals surface area contributed by atoms with Gasteiger partial charge in [-0.2, -0.15) is 8.42 Å². The van der Waals surface area contributed by atoms with E-state index in [0.29, 0.717) is 0 Å². The van der Waals surface area contributed by atoms with E-state index in [4.69, 9.17) is 42.4 Å². The predicted octanol–water partition coefficient (Wildman–Crippen LogP) is -12.7. The number of aliphatic hydroxyl groups excluding tert-OH is 14. The zero-order valence-electron chi connectivity index (χ0n) is 41.9. The van der Waals surface area contributed by atoms with Crippen molar-refractivity contribution >= 4 is 40.0 Å². The molecule has 36 nitrogen and oxygen atoms in total. The van der Waals surface area contributed by atoms with E-state index in [0.717, 1.165) is 27.7 Å². The maximum Gasteiger partial charge on any atom is 0.397 e. The Labute approximate surface area is 442 Å². The highest BCUT2D eigenvalue weighted by Gasteiger charge is 2.58. The minimum absolute atomic E-state index is 0.815. The Balaban J connectivity index is 1.64. The summed E-state index contributed by atoms with van der Waals surface area (Å²) in [6.45, 7) is -3.16. The first kappa shape index (κ1) is 66.8. The number of rotatable bonds is 26. The number of hydrogen-bond donors (Lipinski definition) is 20. The van der Waals surface area contributed by atoms with Gasteiger partial charge in [0.05, 0.1) is 57.8 Å². The topological polar surface area (TPSA) is 574 Å². The molecule has 0 aromatic heterocycles. The van der Waals surface area contributed by atoms with Crippen LogP contribution in [0.15, 0.2) is 0 Å². The van der Waals surface area contributed by atoms with Gasteiger partial charge in [-0.25, -0.2) is 8.98 Å².